The number of hydrogen-bond acceptors (Lipinski definition) is 1. The van der Waals surface area contributed by atoms with Crippen LogP contribution < -0.4 is 0 Å². The van der Waals surface area contributed by atoms with Gasteiger partial charge in [-0.2, -0.15) is 0 Å². The van der Waals surface area contributed by atoms with Gasteiger partial charge in [-0.25, -0.2) is 0 Å². The van der Waals surface area contributed by atoms with Crippen molar-refractivity contribution in [2.75, 3.05) is 6.61 Å². The summed E-state index contributed by atoms with van der Waals surface area (Å²) in [5, 5.41) is 11.7. The van der Waals surface area contributed by atoms with E-state index in [0.717, 1.165) is 6.42 Å². The molecule has 0 radical (unpaired) electrons. The van der Waals surface area contributed by atoms with Crippen molar-refractivity contribution in [1.29, 1.82) is 0 Å². The molecule has 1 unspecified atom stereocenters. The van der Waals surface area contributed by atoms with Crippen LogP contribution in [0.5, 0.6) is 0 Å². The minimum Gasteiger partial charge on any atom is -0.396 e. The minimum atomic E-state index is 0.253. The highest BCUT2D eigenvalue weighted by molar-refractivity contribution is 5.85. The number of hydrogen-bond donors (Lipinski definition) is 1. The summed E-state index contributed by atoms with van der Waals surface area (Å²) in [6.45, 7) is 2.32. The van der Waals surface area contributed by atoms with Gasteiger partial charge in [0.2, 0.25) is 0 Å². The molecule has 0 saturated carbocycles. The van der Waals surface area contributed by atoms with Gasteiger partial charge in [-0.1, -0.05) is 49.4 Å². The van der Waals surface area contributed by atoms with Gasteiger partial charge in [0.15, 0.2) is 0 Å². The van der Waals surface area contributed by atoms with Crippen molar-refractivity contribution in [2.45, 2.75) is 13.3 Å². The van der Waals surface area contributed by atoms with E-state index in [9.17, 15) is 0 Å². The number of benzene rings is 2. The van der Waals surface area contributed by atoms with E-state index in [1.807, 2.05) is 0 Å². The van der Waals surface area contributed by atoms with Crippen LogP contribution in [0.2, 0.25) is 0 Å². The molecule has 1 N–H and O–H groups in total. The van der Waals surface area contributed by atoms with Crippen molar-refractivity contribution in [3.63, 3.8) is 0 Å². The third-order valence-electron chi connectivity index (χ3n) is 2.76. The van der Waals surface area contributed by atoms with Crippen LogP contribution in [-0.4, -0.2) is 11.7 Å². The van der Waals surface area contributed by atoms with Gasteiger partial charge in [0.25, 0.3) is 0 Å². The van der Waals surface area contributed by atoms with E-state index >= 15 is 0 Å². The molecule has 15 heavy (non-hydrogen) atoms. The molecule has 2 aromatic carbocycles. The van der Waals surface area contributed by atoms with E-state index in [1.165, 1.54) is 16.3 Å². The molecule has 1 atom stereocenters. The van der Waals surface area contributed by atoms with Crippen molar-refractivity contribution >= 4 is 10.8 Å². The Morgan fingerprint density at radius 3 is 2.60 bits per heavy atom. The highest BCUT2D eigenvalue weighted by Gasteiger charge is 2.04. The Morgan fingerprint density at radius 2 is 1.80 bits per heavy atom. The average molecular weight is 200 g/mol. The molecule has 0 saturated heterocycles. The lowest BCUT2D eigenvalue weighted by Crippen LogP contribution is -2.04. The Bertz CT molecular complexity index is 443. The third-order valence-corrected chi connectivity index (χ3v) is 2.76. The maximum Gasteiger partial charge on any atom is 0.0459 e. The predicted octanol–water partition coefficient (Wildman–Crippen LogP) is 3.01. The molecule has 0 amide bonds. The topological polar surface area (TPSA) is 20.2 Å². The summed E-state index contributed by atoms with van der Waals surface area (Å²) in [7, 11) is 0. The molecule has 0 bridgehead atoms. The zero-order valence-corrected chi connectivity index (χ0v) is 8.98. The maximum absolute atomic E-state index is 9.07. The Hall–Kier alpha value is -1.34. The second-order valence-corrected chi connectivity index (χ2v) is 4.13. The first-order valence-corrected chi connectivity index (χ1v) is 5.38. The summed E-state index contributed by atoms with van der Waals surface area (Å²) in [5.74, 6) is 0.329. The van der Waals surface area contributed by atoms with Crippen LogP contribution in [0, 0.1) is 5.92 Å². The molecule has 0 heterocycles. The lowest BCUT2D eigenvalue weighted by atomic mass is 9.96. The normalized spacial score (nSPS) is 12.9. The minimum absolute atomic E-state index is 0.253. The highest BCUT2D eigenvalue weighted by Crippen LogP contribution is 2.20. The Balaban J connectivity index is 2.42. The first-order valence-electron chi connectivity index (χ1n) is 5.38. The van der Waals surface area contributed by atoms with Crippen LogP contribution >= 0.6 is 0 Å². The monoisotopic (exact) mass is 200 g/mol. The molecule has 0 aliphatic carbocycles. The smallest absolute Gasteiger partial charge is 0.0459 e. The van der Waals surface area contributed by atoms with Gasteiger partial charge in [0, 0.05) is 6.61 Å². The van der Waals surface area contributed by atoms with Crippen LogP contribution in [0.25, 0.3) is 10.8 Å². The summed E-state index contributed by atoms with van der Waals surface area (Å²) in [4.78, 5) is 0. The van der Waals surface area contributed by atoms with E-state index in [0.29, 0.717) is 5.92 Å². The Morgan fingerprint density at radius 1 is 1.07 bits per heavy atom. The quantitative estimate of drug-likeness (QED) is 0.807. The van der Waals surface area contributed by atoms with Gasteiger partial charge >= 0.3 is 0 Å². The number of aliphatic hydroxyl groups excluding tert-OH is 1. The standard InChI is InChI=1S/C14H16O/c1-11(10-15)9-13-7-4-6-12-5-2-3-8-14(12)13/h2-8,11,15H,9-10H2,1H3. The van der Waals surface area contributed by atoms with Gasteiger partial charge in [0.1, 0.15) is 0 Å². The molecule has 0 fully saturated rings. The molecule has 0 spiro atoms. The maximum atomic E-state index is 9.07. The second-order valence-electron chi connectivity index (χ2n) is 4.13. The van der Waals surface area contributed by atoms with Crippen molar-refractivity contribution in [1.82, 2.24) is 0 Å². The van der Waals surface area contributed by atoms with Crippen LogP contribution in [-0.2, 0) is 6.42 Å². The molecule has 2 rings (SSSR count). The van der Waals surface area contributed by atoms with Crippen LogP contribution in [0.15, 0.2) is 42.5 Å². The number of rotatable bonds is 3. The molecule has 1 heteroatoms. The summed E-state index contributed by atoms with van der Waals surface area (Å²) in [6, 6.07) is 14.8. The van der Waals surface area contributed by atoms with E-state index < -0.39 is 0 Å². The van der Waals surface area contributed by atoms with Crippen LogP contribution in [0.4, 0.5) is 0 Å². The zero-order valence-electron chi connectivity index (χ0n) is 8.98. The highest BCUT2D eigenvalue weighted by atomic mass is 16.3. The summed E-state index contributed by atoms with van der Waals surface area (Å²) < 4.78 is 0. The molecular weight excluding hydrogens is 184 g/mol. The molecule has 0 aliphatic rings. The Labute approximate surface area is 90.4 Å². The van der Waals surface area contributed by atoms with Gasteiger partial charge < -0.3 is 5.11 Å². The first-order chi connectivity index (χ1) is 7.31. The Kier molecular flexibility index (Phi) is 3.02. The van der Waals surface area contributed by atoms with Crippen LogP contribution in [0.3, 0.4) is 0 Å². The van der Waals surface area contributed by atoms with E-state index in [2.05, 4.69) is 49.4 Å². The average Bonchev–Trinajstić information content (AvgIpc) is 2.29. The fraction of sp³-hybridized carbons (Fsp3) is 0.286. The lowest BCUT2D eigenvalue weighted by molar-refractivity contribution is 0.237. The lowest BCUT2D eigenvalue weighted by Gasteiger charge is -2.10. The van der Waals surface area contributed by atoms with Gasteiger partial charge in [-0.05, 0) is 28.7 Å². The molecule has 2 aromatic rings. The third kappa shape index (κ3) is 2.18. The molecule has 1 nitrogen and oxygen atoms in total. The zero-order chi connectivity index (χ0) is 10.7. The van der Waals surface area contributed by atoms with Gasteiger partial charge in [-0.15, -0.1) is 0 Å². The fourth-order valence-electron chi connectivity index (χ4n) is 1.91. The van der Waals surface area contributed by atoms with Crippen molar-refractivity contribution in [3.8, 4) is 0 Å². The largest absolute Gasteiger partial charge is 0.396 e. The summed E-state index contributed by atoms with van der Waals surface area (Å²) >= 11 is 0. The first kappa shape index (κ1) is 10.2. The van der Waals surface area contributed by atoms with Crippen LogP contribution in [0.1, 0.15) is 12.5 Å². The SMILES string of the molecule is CC(CO)Cc1cccc2ccccc12. The van der Waals surface area contributed by atoms with Crippen molar-refractivity contribution in [3.05, 3.63) is 48.0 Å². The predicted molar refractivity (Wildman–Crippen MR) is 63.9 cm³/mol. The second kappa shape index (κ2) is 4.45. The van der Waals surface area contributed by atoms with Gasteiger partial charge in [0.05, 0.1) is 0 Å². The molecule has 0 aromatic heterocycles. The number of fused-ring (bicyclic) bond motifs is 1. The molecule has 78 valence electrons. The molecular formula is C14H16O. The van der Waals surface area contributed by atoms with E-state index in [-0.39, 0.29) is 6.61 Å². The summed E-state index contributed by atoms with van der Waals surface area (Å²) in [5.41, 5.74) is 1.33. The molecule has 0 aliphatic heterocycles. The van der Waals surface area contributed by atoms with Gasteiger partial charge in [-0.3, -0.25) is 0 Å². The number of aliphatic hydroxyl groups is 1. The van der Waals surface area contributed by atoms with E-state index in [4.69, 9.17) is 5.11 Å². The fourth-order valence-corrected chi connectivity index (χ4v) is 1.91. The van der Waals surface area contributed by atoms with E-state index in [1.54, 1.807) is 0 Å². The van der Waals surface area contributed by atoms with Crippen molar-refractivity contribution < 1.29 is 5.11 Å². The van der Waals surface area contributed by atoms with Crippen molar-refractivity contribution in [2.24, 2.45) is 5.92 Å². The summed E-state index contributed by atoms with van der Waals surface area (Å²) in [6.07, 6.45) is 0.942.